The Morgan fingerprint density at radius 1 is 0.902 bits per heavy atom. The number of thiazole rings is 1. The van der Waals surface area contributed by atoms with Gasteiger partial charge in [0.15, 0.2) is 0 Å². The highest BCUT2D eigenvalue weighted by Gasteiger charge is 2.56. The maximum atomic E-state index is 13.9. The van der Waals surface area contributed by atoms with Crippen LogP contribution in [-0.4, -0.2) is 27.5 Å². The molecule has 41 heavy (non-hydrogen) atoms. The minimum atomic E-state index is -0.777. The lowest BCUT2D eigenvalue weighted by molar-refractivity contribution is -0.122. The lowest BCUT2D eigenvalue weighted by Crippen LogP contribution is -2.33. The van der Waals surface area contributed by atoms with E-state index in [4.69, 9.17) is 23.2 Å². The van der Waals surface area contributed by atoms with Crippen molar-refractivity contribution in [3.05, 3.63) is 106 Å². The van der Waals surface area contributed by atoms with Crippen molar-refractivity contribution < 1.29 is 14.4 Å². The number of anilines is 2. The predicted octanol–water partition coefficient (Wildman–Crippen LogP) is 7.18. The number of hydrogen-bond acceptors (Lipinski definition) is 6. The van der Waals surface area contributed by atoms with E-state index in [-0.39, 0.29) is 28.3 Å². The number of imide groups is 1. The second-order valence-electron chi connectivity index (χ2n) is 9.39. The Morgan fingerprint density at radius 3 is 2.37 bits per heavy atom. The summed E-state index contributed by atoms with van der Waals surface area (Å²) in [7, 11) is 0. The topological polar surface area (TPSA) is 88.5 Å². The van der Waals surface area contributed by atoms with Crippen LogP contribution in [0.5, 0.6) is 0 Å². The van der Waals surface area contributed by atoms with Crippen LogP contribution in [0.4, 0.5) is 11.4 Å². The number of benzene rings is 3. The van der Waals surface area contributed by atoms with Crippen LogP contribution in [0.25, 0.3) is 0 Å². The molecule has 0 saturated carbocycles. The van der Waals surface area contributed by atoms with Crippen molar-refractivity contribution in [2.24, 2.45) is 5.92 Å². The van der Waals surface area contributed by atoms with E-state index in [1.807, 2.05) is 24.3 Å². The third-order valence-corrected chi connectivity index (χ3v) is 11.2. The second kappa shape index (κ2) is 11.3. The summed E-state index contributed by atoms with van der Waals surface area (Å²) in [5, 5.41) is 3.11. The smallest absolute Gasteiger partial charge is 0.308 e. The van der Waals surface area contributed by atoms with Gasteiger partial charge in [0.2, 0.25) is 17.7 Å². The highest BCUT2D eigenvalue weighted by Crippen LogP contribution is 2.54. The fraction of sp³-hybridized carbons (Fsp3) is 0.143. The number of hydrogen-bond donors (Lipinski definition) is 1. The highest BCUT2D eigenvalue weighted by molar-refractivity contribution is 9.10. The van der Waals surface area contributed by atoms with Gasteiger partial charge in [0.1, 0.15) is 11.8 Å². The Labute approximate surface area is 269 Å². The molecule has 3 amide bonds. The first-order valence-electron chi connectivity index (χ1n) is 12.2. The summed E-state index contributed by atoms with van der Waals surface area (Å²) in [4.78, 5) is 55.6. The second-order valence-corrected chi connectivity index (χ2v) is 14.2. The van der Waals surface area contributed by atoms with Crippen LogP contribution in [-0.2, 0) is 20.9 Å². The lowest BCUT2D eigenvalue weighted by Gasteiger charge is -2.30. The maximum absolute atomic E-state index is 13.9. The minimum Gasteiger partial charge on any atom is -0.324 e. The molecule has 208 valence electrons. The van der Waals surface area contributed by atoms with Gasteiger partial charge in [-0.25, -0.2) is 4.90 Å². The van der Waals surface area contributed by atoms with Gasteiger partial charge in [-0.3, -0.25) is 23.7 Å². The summed E-state index contributed by atoms with van der Waals surface area (Å²) in [6, 6.07) is 19.2. The summed E-state index contributed by atoms with van der Waals surface area (Å²) in [5.41, 5.74) is 1.71. The monoisotopic (exact) mass is 751 g/mol. The molecule has 3 aromatic carbocycles. The van der Waals surface area contributed by atoms with E-state index >= 15 is 0 Å². The molecule has 1 N–H and O–H groups in total. The van der Waals surface area contributed by atoms with Gasteiger partial charge in [-0.2, -0.15) is 0 Å². The van der Waals surface area contributed by atoms with Crippen LogP contribution in [0.15, 0.2) is 85.5 Å². The fourth-order valence-corrected chi connectivity index (χ4v) is 8.83. The molecule has 1 aromatic heterocycles. The van der Waals surface area contributed by atoms with Gasteiger partial charge in [0, 0.05) is 25.4 Å². The predicted molar refractivity (Wildman–Crippen MR) is 169 cm³/mol. The zero-order chi connectivity index (χ0) is 29.0. The van der Waals surface area contributed by atoms with E-state index in [1.165, 1.54) is 27.3 Å². The van der Waals surface area contributed by atoms with Crippen molar-refractivity contribution in [1.29, 1.82) is 0 Å². The molecule has 0 spiro atoms. The first-order chi connectivity index (χ1) is 19.6. The van der Waals surface area contributed by atoms with Crippen LogP contribution in [0.2, 0.25) is 10.0 Å². The molecule has 0 aliphatic carbocycles. The summed E-state index contributed by atoms with van der Waals surface area (Å²) in [6.07, 6.45) is 0. The first kappa shape index (κ1) is 28.7. The molecule has 13 heteroatoms. The van der Waals surface area contributed by atoms with Crippen molar-refractivity contribution >= 4 is 107 Å². The number of amides is 3. The van der Waals surface area contributed by atoms with Gasteiger partial charge in [0.05, 0.1) is 26.7 Å². The molecular weight excluding hydrogens is 737 g/mol. The van der Waals surface area contributed by atoms with Crippen LogP contribution >= 0.6 is 78.2 Å². The van der Waals surface area contributed by atoms with Gasteiger partial charge in [-0.1, -0.05) is 90.3 Å². The van der Waals surface area contributed by atoms with E-state index in [0.29, 0.717) is 26.3 Å². The number of rotatable bonds is 5. The maximum Gasteiger partial charge on any atom is 0.308 e. The summed E-state index contributed by atoms with van der Waals surface area (Å²) in [5.74, 6) is -2.41. The van der Waals surface area contributed by atoms with Crippen molar-refractivity contribution in [2.45, 2.75) is 22.7 Å². The van der Waals surface area contributed by atoms with Crippen molar-refractivity contribution in [3.63, 3.8) is 0 Å². The molecule has 3 heterocycles. The molecular formula is C28H17Br2Cl2N3O4S2. The normalized spacial score (nSPS) is 19.7. The molecule has 2 aliphatic heterocycles. The number of carbonyl (C=O) groups is 3. The fourth-order valence-electron chi connectivity index (χ4n) is 5.08. The van der Waals surface area contributed by atoms with Crippen LogP contribution in [0, 0.1) is 5.92 Å². The third-order valence-electron chi connectivity index (χ3n) is 6.85. The molecule has 6 rings (SSSR count). The molecule has 4 aromatic rings. The zero-order valence-corrected chi connectivity index (χ0v) is 27.0. The molecule has 0 radical (unpaired) electrons. The van der Waals surface area contributed by atoms with Crippen molar-refractivity contribution in [3.8, 4) is 0 Å². The Kier molecular flexibility index (Phi) is 7.94. The number of nitrogens with one attached hydrogen (secondary N) is 1. The van der Waals surface area contributed by atoms with Crippen LogP contribution in [0.1, 0.15) is 16.4 Å². The minimum absolute atomic E-state index is 0.279. The quantitative estimate of drug-likeness (QED) is 0.219. The van der Waals surface area contributed by atoms with E-state index < -0.39 is 23.0 Å². The average Bonchev–Trinajstić information content (AvgIpc) is 3.37. The zero-order valence-electron chi connectivity index (χ0n) is 20.6. The van der Waals surface area contributed by atoms with Gasteiger partial charge in [0.25, 0.3) is 0 Å². The Bertz CT molecular complexity index is 1790. The van der Waals surface area contributed by atoms with E-state index in [1.54, 1.807) is 36.4 Å². The van der Waals surface area contributed by atoms with E-state index in [0.717, 1.165) is 25.8 Å². The SMILES string of the molecule is O=C(Cn1c2c(sc1=O)[C@H](c1cccc(Br)c1)C1C(=O)N(c3ccc(Br)cc3)C(=O)C1S2)Nc1ccc(Cl)c(Cl)c1. The summed E-state index contributed by atoms with van der Waals surface area (Å²) < 4.78 is 3.00. The third kappa shape index (κ3) is 5.32. The number of carbonyl (C=O) groups excluding carboxylic acids is 3. The average molecular weight is 754 g/mol. The molecule has 1 fully saturated rings. The number of thioether (sulfide) groups is 1. The standard InChI is InChI=1S/C28H17Br2Cl2N3O4S2/c29-14-4-7-17(8-5-14)35-25(37)22-21(13-2-1-3-15(30)10-13)24-27(40-23(22)26(35)38)34(28(39)41-24)12-20(36)33-16-6-9-18(31)19(32)11-16/h1-11,21-23H,12H2,(H,33,36)/t21-,22?,23?/m1/s1. The first-order valence-corrected chi connectivity index (χ1v) is 16.2. The largest absolute Gasteiger partial charge is 0.324 e. The van der Waals surface area contributed by atoms with E-state index in [9.17, 15) is 19.2 Å². The number of aromatic nitrogens is 1. The van der Waals surface area contributed by atoms with Gasteiger partial charge < -0.3 is 5.32 Å². The molecule has 3 atom stereocenters. The Hall–Kier alpha value is -2.41. The molecule has 7 nitrogen and oxygen atoms in total. The number of nitrogens with zero attached hydrogens (tertiary/aromatic N) is 2. The van der Waals surface area contributed by atoms with Gasteiger partial charge in [-0.15, -0.1) is 0 Å². The van der Waals surface area contributed by atoms with Crippen molar-refractivity contribution in [1.82, 2.24) is 4.57 Å². The van der Waals surface area contributed by atoms with Crippen molar-refractivity contribution in [2.75, 3.05) is 10.2 Å². The Morgan fingerprint density at radius 2 is 1.66 bits per heavy atom. The highest BCUT2D eigenvalue weighted by atomic mass is 79.9. The van der Waals surface area contributed by atoms with E-state index in [2.05, 4.69) is 37.2 Å². The van der Waals surface area contributed by atoms with Crippen LogP contribution < -0.4 is 15.1 Å². The molecule has 0 bridgehead atoms. The molecule has 2 unspecified atom stereocenters. The Balaban J connectivity index is 1.40. The molecule has 2 aliphatic rings. The van der Waals surface area contributed by atoms with Gasteiger partial charge >= 0.3 is 4.87 Å². The summed E-state index contributed by atoms with van der Waals surface area (Å²) >= 11 is 21.1. The number of halogens is 4. The lowest BCUT2D eigenvalue weighted by atomic mass is 9.83. The summed E-state index contributed by atoms with van der Waals surface area (Å²) in [6.45, 7) is -0.279. The molecule has 1 saturated heterocycles. The van der Waals surface area contributed by atoms with Gasteiger partial charge in [-0.05, 0) is 60.2 Å². The number of fused-ring (bicyclic) bond motifs is 2. The van der Waals surface area contributed by atoms with Crippen LogP contribution in [0.3, 0.4) is 0 Å².